The van der Waals surface area contributed by atoms with Crippen LogP contribution >= 0.6 is 11.3 Å². The molecule has 1 heterocycles. The minimum Gasteiger partial charge on any atom is -0.466 e. The number of carbonyl (C=O) groups is 2. The van der Waals surface area contributed by atoms with Gasteiger partial charge in [0.25, 0.3) is 0 Å². The predicted molar refractivity (Wildman–Crippen MR) is 83.0 cm³/mol. The van der Waals surface area contributed by atoms with Crippen molar-refractivity contribution in [1.82, 2.24) is 10.3 Å². The number of nitrogens with zero attached hydrogens (tertiary/aromatic N) is 1. The number of esters is 1. The fraction of sp³-hybridized carbons (Fsp3) is 0.583. The molecule has 2 amide bonds. The topological polar surface area (TPSA) is 97.4 Å². The highest BCUT2D eigenvalue weighted by molar-refractivity contribution is 7.84. The van der Waals surface area contributed by atoms with E-state index in [1.807, 2.05) is 0 Å². The summed E-state index contributed by atoms with van der Waals surface area (Å²) in [5.74, 6) is 0.215. The molecule has 118 valence electrons. The lowest BCUT2D eigenvalue weighted by atomic mass is 10.3. The number of rotatable bonds is 8. The highest BCUT2D eigenvalue weighted by Gasteiger charge is 2.10. The molecular weight excluding hydrogens is 314 g/mol. The Hall–Kier alpha value is -1.48. The summed E-state index contributed by atoms with van der Waals surface area (Å²) in [4.78, 5) is 27.0. The molecule has 0 aliphatic carbocycles. The first-order valence-electron chi connectivity index (χ1n) is 6.46. The molecule has 1 aromatic heterocycles. The van der Waals surface area contributed by atoms with Crippen molar-refractivity contribution in [2.24, 2.45) is 0 Å². The van der Waals surface area contributed by atoms with Gasteiger partial charge in [-0.2, -0.15) is 0 Å². The largest absolute Gasteiger partial charge is 0.466 e. The van der Waals surface area contributed by atoms with E-state index in [4.69, 9.17) is 4.74 Å². The summed E-state index contributed by atoms with van der Waals surface area (Å²) in [7, 11) is -0.848. The molecule has 1 rings (SSSR count). The van der Waals surface area contributed by atoms with E-state index in [1.54, 1.807) is 18.6 Å². The lowest BCUT2D eigenvalue weighted by Gasteiger charge is -2.04. The zero-order chi connectivity index (χ0) is 15.7. The van der Waals surface area contributed by atoms with Crippen LogP contribution < -0.4 is 10.6 Å². The Morgan fingerprint density at radius 1 is 1.48 bits per heavy atom. The Balaban J connectivity index is 2.31. The number of carbonyl (C=O) groups excluding carboxylic acids is 2. The molecule has 0 aliphatic heterocycles. The van der Waals surface area contributed by atoms with Gasteiger partial charge in [-0.05, 0) is 13.3 Å². The average Bonchev–Trinajstić information content (AvgIpc) is 2.82. The minimum atomic E-state index is -0.848. The Labute approximate surface area is 129 Å². The van der Waals surface area contributed by atoms with Crippen LogP contribution in [0.15, 0.2) is 5.38 Å². The molecule has 2 N–H and O–H groups in total. The van der Waals surface area contributed by atoms with Crippen molar-refractivity contribution in [3.05, 3.63) is 11.1 Å². The molecule has 0 unspecified atom stereocenters. The van der Waals surface area contributed by atoms with Gasteiger partial charge in [0.2, 0.25) is 0 Å². The third-order valence-electron chi connectivity index (χ3n) is 2.30. The van der Waals surface area contributed by atoms with Crippen LogP contribution in [-0.2, 0) is 26.8 Å². The Morgan fingerprint density at radius 3 is 2.90 bits per heavy atom. The standard InChI is InChI=1S/C12H19N3O4S2/c1-3-19-10(16)7-9-8-20-12(14-9)15-11(17)13-5-4-6-21(2)18/h8H,3-7H2,1-2H3,(H2,13,14,15,17)/t21-/m1/s1. The van der Waals surface area contributed by atoms with Crippen LogP contribution in [0.25, 0.3) is 0 Å². The Kier molecular flexibility index (Phi) is 7.91. The van der Waals surface area contributed by atoms with Crippen molar-refractivity contribution in [3.8, 4) is 0 Å². The van der Waals surface area contributed by atoms with Crippen molar-refractivity contribution < 1.29 is 18.5 Å². The Bertz CT molecular complexity index is 504. The third-order valence-corrected chi connectivity index (χ3v) is 3.97. The molecule has 0 saturated carbocycles. The quantitative estimate of drug-likeness (QED) is 0.549. The monoisotopic (exact) mass is 333 g/mol. The zero-order valence-electron chi connectivity index (χ0n) is 12.0. The summed E-state index contributed by atoms with van der Waals surface area (Å²) >= 11 is 1.24. The lowest BCUT2D eigenvalue weighted by molar-refractivity contribution is -0.142. The van der Waals surface area contributed by atoms with E-state index in [9.17, 15) is 13.8 Å². The maximum absolute atomic E-state index is 11.6. The van der Waals surface area contributed by atoms with Gasteiger partial charge in [-0.25, -0.2) is 9.78 Å². The lowest BCUT2D eigenvalue weighted by Crippen LogP contribution is -2.30. The zero-order valence-corrected chi connectivity index (χ0v) is 13.6. The van der Waals surface area contributed by atoms with Crippen molar-refractivity contribution in [2.45, 2.75) is 19.8 Å². The molecule has 0 radical (unpaired) electrons. The van der Waals surface area contributed by atoms with Gasteiger partial charge in [0, 0.05) is 34.7 Å². The van der Waals surface area contributed by atoms with Crippen LogP contribution in [-0.4, -0.2) is 46.4 Å². The van der Waals surface area contributed by atoms with Gasteiger partial charge in [0.1, 0.15) is 0 Å². The molecule has 0 aromatic carbocycles. The normalized spacial score (nSPS) is 11.7. The van der Waals surface area contributed by atoms with Crippen LogP contribution in [0.2, 0.25) is 0 Å². The summed E-state index contributed by atoms with van der Waals surface area (Å²) in [6.07, 6.45) is 2.37. The summed E-state index contributed by atoms with van der Waals surface area (Å²) in [6, 6.07) is -0.367. The Morgan fingerprint density at radius 2 is 2.24 bits per heavy atom. The van der Waals surface area contributed by atoms with Crippen molar-refractivity contribution >= 4 is 39.3 Å². The van der Waals surface area contributed by atoms with Crippen LogP contribution in [0, 0.1) is 0 Å². The fourth-order valence-electron chi connectivity index (χ4n) is 1.42. The van der Waals surface area contributed by atoms with Gasteiger partial charge in [-0.1, -0.05) is 0 Å². The molecule has 1 atom stereocenters. The third kappa shape index (κ3) is 7.76. The smallest absolute Gasteiger partial charge is 0.321 e. The number of thiazole rings is 1. The first-order valence-corrected chi connectivity index (χ1v) is 9.06. The minimum absolute atomic E-state index is 0.0932. The molecule has 1 aromatic rings. The van der Waals surface area contributed by atoms with Gasteiger partial charge in [0.15, 0.2) is 5.13 Å². The number of ether oxygens (including phenoxy) is 1. The number of nitrogens with one attached hydrogen (secondary N) is 2. The van der Waals surface area contributed by atoms with E-state index in [2.05, 4.69) is 15.6 Å². The van der Waals surface area contributed by atoms with E-state index in [-0.39, 0.29) is 18.4 Å². The van der Waals surface area contributed by atoms with E-state index < -0.39 is 10.8 Å². The second-order valence-corrected chi connectivity index (χ2v) is 6.55. The predicted octanol–water partition coefficient (Wildman–Crippen LogP) is 1.14. The van der Waals surface area contributed by atoms with Gasteiger partial charge < -0.3 is 10.1 Å². The summed E-state index contributed by atoms with van der Waals surface area (Å²) in [5.41, 5.74) is 0.565. The number of aromatic nitrogens is 1. The van der Waals surface area contributed by atoms with Gasteiger partial charge >= 0.3 is 12.0 Å². The molecule has 7 nitrogen and oxygen atoms in total. The summed E-state index contributed by atoms with van der Waals surface area (Å²) in [6.45, 7) is 2.52. The van der Waals surface area contributed by atoms with Crippen molar-refractivity contribution in [1.29, 1.82) is 0 Å². The van der Waals surface area contributed by atoms with Crippen LogP contribution in [0.1, 0.15) is 19.0 Å². The molecule has 0 fully saturated rings. The summed E-state index contributed by atoms with van der Waals surface area (Å²) in [5, 5.41) is 7.36. The number of amides is 2. The second kappa shape index (κ2) is 9.46. The molecule has 21 heavy (non-hydrogen) atoms. The van der Waals surface area contributed by atoms with Gasteiger partial charge in [0.05, 0.1) is 18.7 Å². The SMILES string of the molecule is CCOC(=O)Cc1csc(NC(=O)NCCC[S@@](C)=O)n1. The number of hydrogen-bond acceptors (Lipinski definition) is 6. The van der Waals surface area contributed by atoms with E-state index in [1.165, 1.54) is 11.3 Å². The van der Waals surface area contributed by atoms with Gasteiger partial charge in [-0.15, -0.1) is 11.3 Å². The molecule has 0 aliphatic rings. The van der Waals surface area contributed by atoms with Crippen LogP contribution in [0.3, 0.4) is 0 Å². The highest BCUT2D eigenvalue weighted by atomic mass is 32.2. The number of hydrogen-bond donors (Lipinski definition) is 2. The fourth-order valence-corrected chi connectivity index (χ4v) is 2.68. The maximum atomic E-state index is 11.6. The second-order valence-electron chi connectivity index (χ2n) is 4.14. The average molecular weight is 333 g/mol. The molecular formula is C12H19N3O4S2. The van der Waals surface area contributed by atoms with Crippen molar-refractivity contribution in [3.63, 3.8) is 0 Å². The highest BCUT2D eigenvalue weighted by Crippen LogP contribution is 2.15. The van der Waals surface area contributed by atoms with Crippen LogP contribution in [0.4, 0.5) is 9.93 Å². The number of anilines is 1. The van der Waals surface area contributed by atoms with E-state index >= 15 is 0 Å². The van der Waals surface area contributed by atoms with Crippen LogP contribution in [0.5, 0.6) is 0 Å². The molecule has 0 saturated heterocycles. The molecule has 0 spiro atoms. The summed E-state index contributed by atoms with van der Waals surface area (Å²) < 4.78 is 15.7. The van der Waals surface area contributed by atoms with Crippen molar-refractivity contribution in [2.75, 3.05) is 30.5 Å². The first kappa shape index (κ1) is 17.6. The molecule has 9 heteroatoms. The van der Waals surface area contributed by atoms with Gasteiger partial charge in [-0.3, -0.25) is 14.3 Å². The maximum Gasteiger partial charge on any atom is 0.321 e. The van der Waals surface area contributed by atoms with E-state index in [0.717, 1.165) is 0 Å². The first-order chi connectivity index (χ1) is 10.0. The number of urea groups is 1. The molecule has 0 bridgehead atoms. The van der Waals surface area contributed by atoms with E-state index in [0.29, 0.717) is 36.2 Å².